The summed E-state index contributed by atoms with van der Waals surface area (Å²) in [7, 11) is 4.84. The smallest absolute Gasteiger partial charge is 0.203 e. The Morgan fingerprint density at radius 2 is 1.78 bits per heavy atom. The summed E-state index contributed by atoms with van der Waals surface area (Å²) in [6.45, 7) is 0. The van der Waals surface area contributed by atoms with Crippen molar-refractivity contribution in [2.45, 2.75) is 19.3 Å². The first-order valence-corrected chi connectivity index (χ1v) is 5.85. The summed E-state index contributed by atoms with van der Waals surface area (Å²) >= 11 is 0. The van der Waals surface area contributed by atoms with Crippen LogP contribution in [0.3, 0.4) is 0 Å². The summed E-state index contributed by atoms with van der Waals surface area (Å²) in [5, 5.41) is 3.86. The third-order valence-electron chi connectivity index (χ3n) is 3.24. The molecule has 1 aliphatic rings. The predicted octanol–water partition coefficient (Wildman–Crippen LogP) is 1.71. The molecular formula is C13H18N2O3. The average Bonchev–Trinajstić information content (AvgIpc) is 2.44. The molecular weight excluding hydrogens is 232 g/mol. The molecule has 1 aromatic carbocycles. The van der Waals surface area contributed by atoms with E-state index in [0.717, 1.165) is 36.1 Å². The maximum absolute atomic E-state index is 5.47. The fourth-order valence-corrected chi connectivity index (χ4v) is 2.42. The van der Waals surface area contributed by atoms with E-state index in [-0.39, 0.29) is 0 Å². The first-order valence-electron chi connectivity index (χ1n) is 5.85. The second-order valence-electron chi connectivity index (χ2n) is 4.10. The highest BCUT2D eigenvalue weighted by Crippen LogP contribution is 2.44. The van der Waals surface area contributed by atoms with E-state index >= 15 is 0 Å². The number of methoxy groups -OCH3 is 3. The topological polar surface area (TPSA) is 66.1 Å². The molecule has 1 aliphatic carbocycles. The van der Waals surface area contributed by atoms with E-state index < -0.39 is 0 Å². The van der Waals surface area contributed by atoms with Gasteiger partial charge in [0.2, 0.25) is 5.75 Å². The van der Waals surface area contributed by atoms with E-state index in [1.807, 2.05) is 6.07 Å². The number of nitrogens with two attached hydrogens (primary N) is 1. The number of nitrogens with zero attached hydrogens (tertiary/aromatic N) is 1. The van der Waals surface area contributed by atoms with Gasteiger partial charge in [0, 0.05) is 11.1 Å². The molecule has 0 fully saturated rings. The molecule has 0 saturated heterocycles. The number of hydrazone groups is 1. The number of hydrogen-bond donors (Lipinski definition) is 1. The Morgan fingerprint density at radius 1 is 1.06 bits per heavy atom. The molecule has 0 amide bonds. The highest BCUT2D eigenvalue weighted by Gasteiger charge is 2.25. The predicted molar refractivity (Wildman–Crippen MR) is 69.8 cm³/mol. The second kappa shape index (κ2) is 5.16. The van der Waals surface area contributed by atoms with Crippen LogP contribution >= 0.6 is 0 Å². The summed E-state index contributed by atoms with van der Waals surface area (Å²) in [5.41, 5.74) is 2.97. The van der Waals surface area contributed by atoms with Crippen molar-refractivity contribution in [1.82, 2.24) is 0 Å². The molecule has 0 atom stereocenters. The SMILES string of the molecule is COc1cc2c(c(OC)c1OC)CCC/C2=N\N. The first-order chi connectivity index (χ1) is 8.76. The molecule has 0 bridgehead atoms. The Labute approximate surface area is 107 Å². The monoisotopic (exact) mass is 250 g/mol. The zero-order valence-electron chi connectivity index (χ0n) is 10.9. The molecule has 0 heterocycles. The van der Waals surface area contributed by atoms with Crippen LogP contribution in [0.5, 0.6) is 17.2 Å². The first kappa shape index (κ1) is 12.5. The molecule has 98 valence electrons. The molecule has 0 aliphatic heterocycles. The summed E-state index contributed by atoms with van der Waals surface area (Å²) < 4.78 is 16.2. The fourth-order valence-electron chi connectivity index (χ4n) is 2.42. The molecule has 0 aromatic heterocycles. The minimum absolute atomic E-state index is 0.622. The van der Waals surface area contributed by atoms with E-state index in [9.17, 15) is 0 Å². The summed E-state index contributed by atoms with van der Waals surface area (Å²) in [6.07, 6.45) is 2.81. The molecule has 0 saturated carbocycles. The molecule has 0 radical (unpaired) electrons. The largest absolute Gasteiger partial charge is 0.493 e. The van der Waals surface area contributed by atoms with Gasteiger partial charge in [0.05, 0.1) is 27.0 Å². The van der Waals surface area contributed by atoms with Gasteiger partial charge < -0.3 is 20.1 Å². The van der Waals surface area contributed by atoms with Gasteiger partial charge in [0.15, 0.2) is 11.5 Å². The Morgan fingerprint density at radius 3 is 2.33 bits per heavy atom. The number of rotatable bonds is 3. The average molecular weight is 250 g/mol. The summed E-state index contributed by atoms with van der Waals surface area (Å²) in [4.78, 5) is 0. The van der Waals surface area contributed by atoms with Gasteiger partial charge in [-0.25, -0.2) is 0 Å². The number of benzene rings is 1. The lowest BCUT2D eigenvalue weighted by atomic mass is 9.88. The lowest BCUT2D eigenvalue weighted by Crippen LogP contribution is -2.15. The highest BCUT2D eigenvalue weighted by molar-refractivity contribution is 6.04. The minimum Gasteiger partial charge on any atom is -0.493 e. The molecule has 0 spiro atoms. The van der Waals surface area contributed by atoms with Crippen LogP contribution < -0.4 is 20.1 Å². The van der Waals surface area contributed by atoms with Crippen LogP contribution in [-0.4, -0.2) is 27.0 Å². The van der Waals surface area contributed by atoms with Gasteiger partial charge in [-0.3, -0.25) is 0 Å². The fraction of sp³-hybridized carbons (Fsp3) is 0.462. The minimum atomic E-state index is 0.622. The van der Waals surface area contributed by atoms with Crippen molar-refractivity contribution >= 4 is 5.71 Å². The zero-order chi connectivity index (χ0) is 13.1. The van der Waals surface area contributed by atoms with Crippen LogP contribution in [0.1, 0.15) is 24.0 Å². The van der Waals surface area contributed by atoms with Gasteiger partial charge in [-0.2, -0.15) is 5.10 Å². The Kier molecular flexibility index (Phi) is 3.60. The summed E-state index contributed by atoms with van der Waals surface area (Å²) in [5.74, 6) is 7.42. The van der Waals surface area contributed by atoms with Crippen molar-refractivity contribution in [2.75, 3.05) is 21.3 Å². The van der Waals surface area contributed by atoms with Crippen LogP contribution in [0.15, 0.2) is 11.2 Å². The van der Waals surface area contributed by atoms with Crippen LogP contribution in [0, 0.1) is 0 Å². The van der Waals surface area contributed by atoms with Crippen LogP contribution in [0.25, 0.3) is 0 Å². The maximum Gasteiger partial charge on any atom is 0.203 e. The van der Waals surface area contributed by atoms with Crippen molar-refractivity contribution in [1.29, 1.82) is 0 Å². The number of fused-ring (bicyclic) bond motifs is 1. The maximum atomic E-state index is 5.47. The summed E-state index contributed by atoms with van der Waals surface area (Å²) in [6, 6.07) is 1.92. The quantitative estimate of drug-likeness (QED) is 0.655. The Hall–Kier alpha value is -1.91. The Bertz CT molecular complexity index is 484. The van der Waals surface area contributed by atoms with Gasteiger partial charge in [-0.05, 0) is 25.3 Å². The zero-order valence-corrected chi connectivity index (χ0v) is 10.9. The standard InChI is InChI=1S/C13H18N2O3/c1-16-11-7-9-8(5-4-6-10(9)15-14)12(17-2)13(11)18-3/h7H,4-6,14H2,1-3H3/b15-10+. The molecule has 18 heavy (non-hydrogen) atoms. The molecule has 5 heteroatoms. The molecule has 5 nitrogen and oxygen atoms in total. The van der Waals surface area contributed by atoms with E-state index in [1.54, 1.807) is 21.3 Å². The van der Waals surface area contributed by atoms with Gasteiger partial charge in [-0.1, -0.05) is 0 Å². The van der Waals surface area contributed by atoms with Crippen molar-refractivity contribution in [2.24, 2.45) is 10.9 Å². The third-order valence-corrected chi connectivity index (χ3v) is 3.24. The van der Waals surface area contributed by atoms with E-state index in [4.69, 9.17) is 20.1 Å². The molecule has 2 N–H and O–H groups in total. The van der Waals surface area contributed by atoms with E-state index in [0.29, 0.717) is 17.2 Å². The normalized spacial score (nSPS) is 16.3. The number of hydrogen-bond acceptors (Lipinski definition) is 5. The van der Waals surface area contributed by atoms with E-state index in [1.165, 1.54) is 0 Å². The van der Waals surface area contributed by atoms with Crippen molar-refractivity contribution in [3.05, 3.63) is 17.2 Å². The van der Waals surface area contributed by atoms with Crippen molar-refractivity contribution in [3.63, 3.8) is 0 Å². The van der Waals surface area contributed by atoms with Crippen LogP contribution in [0.4, 0.5) is 0 Å². The van der Waals surface area contributed by atoms with Gasteiger partial charge in [-0.15, -0.1) is 0 Å². The number of ether oxygens (including phenoxy) is 3. The van der Waals surface area contributed by atoms with Crippen LogP contribution in [-0.2, 0) is 6.42 Å². The Balaban J connectivity index is 2.70. The van der Waals surface area contributed by atoms with Gasteiger partial charge >= 0.3 is 0 Å². The van der Waals surface area contributed by atoms with E-state index in [2.05, 4.69) is 5.10 Å². The lowest BCUT2D eigenvalue weighted by Gasteiger charge is -2.23. The third kappa shape index (κ3) is 1.85. The molecule has 1 aromatic rings. The van der Waals surface area contributed by atoms with Crippen molar-refractivity contribution < 1.29 is 14.2 Å². The molecule has 0 unspecified atom stereocenters. The van der Waals surface area contributed by atoms with Gasteiger partial charge in [0.25, 0.3) is 0 Å². The van der Waals surface area contributed by atoms with Gasteiger partial charge in [0.1, 0.15) is 0 Å². The second-order valence-corrected chi connectivity index (χ2v) is 4.10. The lowest BCUT2D eigenvalue weighted by molar-refractivity contribution is 0.321. The molecule has 2 rings (SSSR count). The van der Waals surface area contributed by atoms with Crippen LogP contribution in [0.2, 0.25) is 0 Å². The van der Waals surface area contributed by atoms with Crippen molar-refractivity contribution in [3.8, 4) is 17.2 Å². The highest BCUT2D eigenvalue weighted by atomic mass is 16.5.